The van der Waals surface area contributed by atoms with E-state index in [-0.39, 0.29) is 5.91 Å². The highest BCUT2D eigenvalue weighted by Gasteiger charge is 2.10. The van der Waals surface area contributed by atoms with E-state index < -0.39 is 0 Å². The molecule has 0 aliphatic rings. The number of hydrogen-bond donors (Lipinski definition) is 1. The number of carbonyl (C=O) groups excluding carboxylic acids is 1. The number of amides is 1. The second kappa shape index (κ2) is 10.0. The molecule has 0 saturated heterocycles. The van der Waals surface area contributed by atoms with Crippen LogP contribution < -0.4 is 5.32 Å². The minimum atomic E-state index is -0.104. The smallest absolute Gasteiger partial charge is 0.226 e. The molecule has 0 spiro atoms. The number of nitrogens with one attached hydrogen (secondary N) is 1. The van der Waals surface area contributed by atoms with Gasteiger partial charge in [-0.25, -0.2) is 4.68 Å². The van der Waals surface area contributed by atoms with Gasteiger partial charge in [-0.2, -0.15) is 10.4 Å². The topological polar surface area (TPSA) is 96.5 Å². The van der Waals surface area contributed by atoms with Crippen molar-refractivity contribution in [2.45, 2.75) is 22.9 Å². The number of nitrogens with zero attached hydrogens (tertiary/aromatic N) is 5. The highest BCUT2D eigenvalue weighted by atomic mass is 32.2. The number of aryl methyl sites for hydroxylation is 1. The van der Waals surface area contributed by atoms with Gasteiger partial charge in [0.2, 0.25) is 11.0 Å². The van der Waals surface area contributed by atoms with Gasteiger partial charge in [0.1, 0.15) is 0 Å². The number of aromatic nitrogens is 4. The highest BCUT2D eigenvalue weighted by molar-refractivity contribution is 8.00. The molecule has 0 atom stereocenters. The maximum atomic E-state index is 12.3. The molecule has 0 saturated carbocycles. The van der Waals surface area contributed by atoms with Crippen molar-refractivity contribution in [3.05, 3.63) is 83.7 Å². The molecule has 7 nitrogen and oxygen atoms in total. The molecule has 2 heterocycles. The lowest BCUT2D eigenvalue weighted by Crippen LogP contribution is -2.12. The summed E-state index contributed by atoms with van der Waals surface area (Å²) in [5, 5.41) is 24.7. The van der Waals surface area contributed by atoms with E-state index in [1.807, 2.05) is 48.7 Å². The number of carbonyl (C=O) groups is 1. The van der Waals surface area contributed by atoms with Crippen LogP contribution in [0.15, 0.2) is 71.3 Å². The number of nitriles is 1. The molecule has 4 aromatic rings. The first kappa shape index (κ1) is 20.8. The quantitative estimate of drug-likeness (QED) is 0.317. The number of benzene rings is 2. The molecule has 1 amide bonds. The van der Waals surface area contributed by atoms with E-state index in [1.165, 1.54) is 11.3 Å². The Bertz CT molecular complexity index is 1190. The number of para-hydroxylation sites is 1. The molecule has 2 aromatic carbocycles. The summed E-state index contributed by atoms with van der Waals surface area (Å²) in [6.45, 7) is 0. The van der Waals surface area contributed by atoms with Gasteiger partial charge in [0.05, 0.1) is 23.5 Å². The van der Waals surface area contributed by atoms with Crippen molar-refractivity contribution >= 4 is 34.1 Å². The van der Waals surface area contributed by atoms with Crippen molar-refractivity contribution < 1.29 is 4.79 Å². The summed E-state index contributed by atoms with van der Waals surface area (Å²) in [5.41, 5.74) is 3.72. The third-order valence-corrected chi connectivity index (χ3v) is 6.44. The van der Waals surface area contributed by atoms with Crippen LogP contribution in [0.25, 0.3) is 5.69 Å². The van der Waals surface area contributed by atoms with Gasteiger partial charge in [-0.15, -0.1) is 10.2 Å². The molecular weight excluding hydrogens is 428 g/mol. The van der Waals surface area contributed by atoms with Crippen LogP contribution in [-0.2, 0) is 17.0 Å². The lowest BCUT2D eigenvalue weighted by molar-refractivity contribution is -0.116. The van der Waals surface area contributed by atoms with Crippen molar-refractivity contribution in [3.63, 3.8) is 0 Å². The summed E-state index contributed by atoms with van der Waals surface area (Å²) in [6, 6.07) is 19.4. The molecule has 1 N–H and O–H groups in total. The Hall–Kier alpha value is -3.48. The van der Waals surface area contributed by atoms with E-state index in [9.17, 15) is 4.79 Å². The third kappa shape index (κ3) is 5.78. The fraction of sp³-hybridized carbons (Fsp3) is 0.136. The normalized spacial score (nSPS) is 10.5. The van der Waals surface area contributed by atoms with Crippen molar-refractivity contribution in [1.29, 1.82) is 5.26 Å². The second-order valence-electron chi connectivity index (χ2n) is 6.65. The van der Waals surface area contributed by atoms with E-state index in [0.717, 1.165) is 26.9 Å². The van der Waals surface area contributed by atoms with Crippen LogP contribution in [0.5, 0.6) is 0 Å². The predicted octanol–water partition coefficient (Wildman–Crippen LogP) is 4.46. The Morgan fingerprint density at radius 2 is 1.90 bits per heavy atom. The standard InChI is InChI=1S/C22H18N6OS2/c23-12-16-6-8-17(9-7-16)15-30-22-27-26-21(31-22)25-20(29)11-10-18-13-24-28(14-18)19-4-2-1-3-5-19/h1-9,13-14H,10-11,15H2,(H,25,26,29). The summed E-state index contributed by atoms with van der Waals surface area (Å²) < 4.78 is 2.58. The molecule has 0 aliphatic heterocycles. The zero-order valence-corrected chi connectivity index (χ0v) is 18.1. The molecule has 9 heteroatoms. The molecule has 154 valence electrons. The molecule has 2 aromatic heterocycles. The van der Waals surface area contributed by atoms with E-state index in [1.54, 1.807) is 34.8 Å². The molecule has 4 rings (SSSR count). The number of rotatable bonds is 8. The average molecular weight is 447 g/mol. The summed E-state index contributed by atoms with van der Waals surface area (Å²) in [4.78, 5) is 12.3. The first-order valence-corrected chi connectivity index (χ1v) is 11.3. The third-order valence-electron chi connectivity index (χ3n) is 4.40. The van der Waals surface area contributed by atoms with Gasteiger partial charge in [0, 0.05) is 18.4 Å². The van der Waals surface area contributed by atoms with Crippen LogP contribution in [0.3, 0.4) is 0 Å². The number of anilines is 1. The summed E-state index contributed by atoms with van der Waals surface area (Å²) >= 11 is 2.90. The molecule has 0 aliphatic carbocycles. The molecule has 0 bridgehead atoms. The SMILES string of the molecule is N#Cc1ccc(CSc2nnc(NC(=O)CCc3cnn(-c4ccccc4)c3)s2)cc1. The van der Waals surface area contributed by atoms with Crippen molar-refractivity contribution in [3.8, 4) is 11.8 Å². The lowest BCUT2D eigenvalue weighted by atomic mass is 10.2. The number of hydrogen-bond acceptors (Lipinski definition) is 7. The second-order valence-corrected chi connectivity index (χ2v) is 8.85. The molecule has 0 radical (unpaired) electrons. The van der Waals surface area contributed by atoms with Crippen LogP contribution in [0.4, 0.5) is 5.13 Å². The fourth-order valence-electron chi connectivity index (χ4n) is 2.79. The minimum Gasteiger partial charge on any atom is -0.300 e. The Kier molecular flexibility index (Phi) is 6.72. The van der Waals surface area contributed by atoms with Crippen LogP contribution >= 0.6 is 23.1 Å². The number of thioether (sulfide) groups is 1. The Labute approximate surface area is 187 Å². The van der Waals surface area contributed by atoms with Crippen LogP contribution in [0, 0.1) is 11.3 Å². The molecular formula is C22H18N6OS2. The van der Waals surface area contributed by atoms with Gasteiger partial charge in [-0.05, 0) is 41.8 Å². The van der Waals surface area contributed by atoms with Crippen LogP contribution in [0.1, 0.15) is 23.1 Å². The first-order valence-electron chi connectivity index (χ1n) is 9.54. The Morgan fingerprint density at radius 3 is 2.68 bits per heavy atom. The molecule has 31 heavy (non-hydrogen) atoms. The maximum Gasteiger partial charge on any atom is 0.226 e. The average Bonchev–Trinajstić information content (AvgIpc) is 3.47. The van der Waals surface area contributed by atoms with Gasteiger partial charge < -0.3 is 5.32 Å². The summed E-state index contributed by atoms with van der Waals surface area (Å²) in [5.74, 6) is 0.618. The monoisotopic (exact) mass is 446 g/mol. The van der Waals surface area contributed by atoms with E-state index in [0.29, 0.717) is 23.5 Å². The Balaban J connectivity index is 1.24. The first-order chi connectivity index (χ1) is 15.2. The van der Waals surface area contributed by atoms with Gasteiger partial charge >= 0.3 is 0 Å². The maximum absolute atomic E-state index is 12.3. The van der Waals surface area contributed by atoms with Crippen molar-refractivity contribution in [1.82, 2.24) is 20.0 Å². The Morgan fingerprint density at radius 1 is 1.10 bits per heavy atom. The van der Waals surface area contributed by atoms with Gasteiger partial charge in [0.25, 0.3) is 0 Å². The molecule has 0 unspecified atom stereocenters. The van der Waals surface area contributed by atoms with Gasteiger partial charge in [0.15, 0.2) is 4.34 Å². The van der Waals surface area contributed by atoms with E-state index >= 15 is 0 Å². The largest absolute Gasteiger partial charge is 0.300 e. The van der Waals surface area contributed by atoms with Crippen molar-refractivity contribution in [2.75, 3.05) is 5.32 Å². The van der Waals surface area contributed by atoms with E-state index in [4.69, 9.17) is 5.26 Å². The van der Waals surface area contributed by atoms with Gasteiger partial charge in [-0.1, -0.05) is 53.4 Å². The predicted molar refractivity (Wildman–Crippen MR) is 121 cm³/mol. The zero-order chi connectivity index (χ0) is 21.5. The van der Waals surface area contributed by atoms with Crippen LogP contribution in [-0.4, -0.2) is 25.9 Å². The van der Waals surface area contributed by atoms with Crippen molar-refractivity contribution in [2.24, 2.45) is 0 Å². The fourth-order valence-corrected chi connectivity index (χ4v) is 4.51. The minimum absolute atomic E-state index is 0.104. The molecule has 0 fully saturated rings. The lowest BCUT2D eigenvalue weighted by Gasteiger charge is -2.00. The van der Waals surface area contributed by atoms with Gasteiger partial charge in [-0.3, -0.25) is 4.79 Å². The summed E-state index contributed by atoms with van der Waals surface area (Å²) in [7, 11) is 0. The van der Waals surface area contributed by atoms with E-state index in [2.05, 4.69) is 26.7 Å². The van der Waals surface area contributed by atoms with Crippen LogP contribution in [0.2, 0.25) is 0 Å². The highest BCUT2D eigenvalue weighted by Crippen LogP contribution is 2.28. The zero-order valence-electron chi connectivity index (χ0n) is 16.4. The summed E-state index contributed by atoms with van der Waals surface area (Å²) in [6.07, 6.45) is 4.65.